The number of nitrogens with zero attached hydrogens (tertiary/aromatic N) is 3. The minimum Gasteiger partial charge on any atom is -0.497 e. The highest BCUT2D eigenvalue weighted by Crippen LogP contribution is 2.32. The number of aryl methyl sites for hydroxylation is 2. The Morgan fingerprint density at radius 1 is 1.19 bits per heavy atom. The highest BCUT2D eigenvalue weighted by Gasteiger charge is 2.21. The molecule has 1 aliphatic heterocycles. The van der Waals surface area contributed by atoms with Crippen LogP contribution in [-0.4, -0.2) is 62.3 Å². The third-order valence-corrected chi connectivity index (χ3v) is 6.96. The Morgan fingerprint density at radius 3 is 2.78 bits per heavy atom. The summed E-state index contributed by atoms with van der Waals surface area (Å²) in [5.41, 5.74) is 4.29. The first-order valence-corrected chi connectivity index (χ1v) is 12.0. The molecule has 7 heteroatoms. The van der Waals surface area contributed by atoms with Crippen LogP contribution in [0.4, 0.5) is 5.13 Å². The third kappa shape index (κ3) is 5.46. The van der Waals surface area contributed by atoms with Crippen molar-refractivity contribution in [1.82, 2.24) is 9.88 Å². The summed E-state index contributed by atoms with van der Waals surface area (Å²) in [6.45, 7) is 9.22. The Labute approximate surface area is 193 Å². The monoisotopic (exact) mass is 453 g/mol. The Balaban J connectivity index is 1.55. The van der Waals surface area contributed by atoms with E-state index < -0.39 is 0 Å². The van der Waals surface area contributed by atoms with Crippen molar-refractivity contribution in [3.8, 4) is 5.75 Å². The molecule has 1 amide bonds. The second kappa shape index (κ2) is 10.4. The van der Waals surface area contributed by atoms with E-state index in [2.05, 4.69) is 36.9 Å². The van der Waals surface area contributed by atoms with Gasteiger partial charge in [0.05, 0.1) is 37.0 Å². The normalized spacial score (nSPS) is 14.6. The Kier molecular flexibility index (Phi) is 7.40. The van der Waals surface area contributed by atoms with Crippen molar-refractivity contribution < 1.29 is 14.3 Å². The maximum atomic E-state index is 13.5. The number of thiazole rings is 1. The smallest absolute Gasteiger partial charge is 0.233 e. The van der Waals surface area contributed by atoms with Crippen molar-refractivity contribution in [1.29, 1.82) is 0 Å². The SMILES string of the molecule is COc1ccc2nc(N(CCCN3CCOCC3)C(=O)Cc3cc(C)ccc3C)sc2c1. The molecule has 0 spiro atoms. The van der Waals surface area contributed by atoms with Crippen LogP contribution >= 0.6 is 11.3 Å². The van der Waals surface area contributed by atoms with E-state index in [0.29, 0.717) is 13.0 Å². The summed E-state index contributed by atoms with van der Waals surface area (Å²) in [5, 5.41) is 0.755. The quantitative estimate of drug-likeness (QED) is 0.511. The van der Waals surface area contributed by atoms with Crippen LogP contribution < -0.4 is 9.64 Å². The number of carbonyl (C=O) groups is 1. The third-order valence-electron chi connectivity index (χ3n) is 5.92. The van der Waals surface area contributed by atoms with E-state index in [4.69, 9.17) is 14.5 Å². The molecule has 3 aromatic rings. The number of benzene rings is 2. The molecule has 0 bridgehead atoms. The predicted octanol–water partition coefficient (Wildman–Crippen LogP) is 4.22. The average molecular weight is 454 g/mol. The van der Waals surface area contributed by atoms with Gasteiger partial charge in [0.25, 0.3) is 0 Å². The van der Waals surface area contributed by atoms with Gasteiger partial charge in [0, 0.05) is 26.2 Å². The summed E-state index contributed by atoms with van der Waals surface area (Å²) >= 11 is 1.55. The molecule has 1 aliphatic rings. The highest BCUT2D eigenvalue weighted by molar-refractivity contribution is 7.22. The molecular weight excluding hydrogens is 422 g/mol. The number of morpholine rings is 1. The summed E-state index contributed by atoms with van der Waals surface area (Å²) in [6, 6.07) is 12.1. The van der Waals surface area contributed by atoms with E-state index >= 15 is 0 Å². The van der Waals surface area contributed by atoms with Crippen molar-refractivity contribution >= 4 is 32.6 Å². The molecule has 2 heterocycles. The number of rotatable bonds is 8. The maximum absolute atomic E-state index is 13.5. The lowest BCUT2D eigenvalue weighted by molar-refractivity contribution is -0.118. The van der Waals surface area contributed by atoms with Crippen LogP contribution in [0.3, 0.4) is 0 Å². The number of ether oxygens (including phenoxy) is 2. The number of aromatic nitrogens is 1. The zero-order valence-electron chi connectivity index (χ0n) is 19.1. The lowest BCUT2D eigenvalue weighted by Crippen LogP contribution is -2.39. The molecule has 1 fully saturated rings. The van der Waals surface area contributed by atoms with Gasteiger partial charge in [-0.2, -0.15) is 0 Å². The van der Waals surface area contributed by atoms with Crippen molar-refractivity contribution in [3.05, 3.63) is 53.1 Å². The molecule has 4 rings (SSSR count). The van der Waals surface area contributed by atoms with Crippen molar-refractivity contribution in [2.75, 3.05) is 51.4 Å². The number of hydrogen-bond acceptors (Lipinski definition) is 6. The highest BCUT2D eigenvalue weighted by atomic mass is 32.1. The number of methoxy groups -OCH3 is 1. The lowest BCUT2D eigenvalue weighted by atomic mass is 10.0. The summed E-state index contributed by atoms with van der Waals surface area (Å²) in [4.78, 5) is 22.6. The van der Waals surface area contributed by atoms with E-state index in [1.54, 1.807) is 18.4 Å². The van der Waals surface area contributed by atoms with Gasteiger partial charge in [0.2, 0.25) is 5.91 Å². The van der Waals surface area contributed by atoms with E-state index in [1.165, 1.54) is 5.56 Å². The van der Waals surface area contributed by atoms with E-state index in [-0.39, 0.29) is 5.91 Å². The van der Waals surface area contributed by atoms with Gasteiger partial charge in [-0.1, -0.05) is 35.1 Å². The number of carbonyl (C=O) groups excluding carboxylic acids is 1. The molecule has 1 aromatic heterocycles. The molecule has 0 atom stereocenters. The van der Waals surface area contributed by atoms with Gasteiger partial charge in [-0.3, -0.25) is 14.6 Å². The fourth-order valence-corrected chi connectivity index (χ4v) is 5.03. The van der Waals surface area contributed by atoms with Crippen LogP contribution in [0.2, 0.25) is 0 Å². The number of amides is 1. The fraction of sp³-hybridized carbons (Fsp3) is 0.440. The summed E-state index contributed by atoms with van der Waals surface area (Å²) in [6.07, 6.45) is 1.28. The predicted molar refractivity (Wildman–Crippen MR) is 130 cm³/mol. The van der Waals surface area contributed by atoms with Gasteiger partial charge in [0.1, 0.15) is 5.75 Å². The van der Waals surface area contributed by atoms with Crippen molar-refractivity contribution in [3.63, 3.8) is 0 Å². The molecule has 170 valence electrons. The summed E-state index contributed by atoms with van der Waals surface area (Å²) in [7, 11) is 1.66. The number of anilines is 1. The van der Waals surface area contributed by atoms with E-state index in [1.807, 2.05) is 23.1 Å². The van der Waals surface area contributed by atoms with Gasteiger partial charge in [0.15, 0.2) is 5.13 Å². The maximum Gasteiger partial charge on any atom is 0.233 e. The molecule has 0 saturated carbocycles. The van der Waals surface area contributed by atoms with Crippen LogP contribution in [-0.2, 0) is 16.0 Å². The molecule has 0 radical (unpaired) electrons. The van der Waals surface area contributed by atoms with Crippen LogP contribution in [0.15, 0.2) is 36.4 Å². The second-order valence-electron chi connectivity index (χ2n) is 8.29. The van der Waals surface area contributed by atoms with E-state index in [0.717, 1.165) is 71.5 Å². The molecule has 6 nitrogen and oxygen atoms in total. The topological polar surface area (TPSA) is 54.9 Å². The molecule has 0 N–H and O–H groups in total. The van der Waals surface area contributed by atoms with Gasteiger partial charge in [-0.15, -0.1) is 0 Å². The molecular formula is C25H31N3O3S. The van der Waals surface area contributed by atoms with Crippen molar-refractivity contribution in [2.24, 2.45) is 0 Å². The Hall–Kier alpha value is -2.48. The Morgan fingerprint density at radius 2 is 2.00 bits per heavy atom. The largest absolute Gasteiger partial charge is 0.497 e. The van der Waals surface area contributed by atoms with Crippen molar-refractivity contribution in [2.45, 2.75) is 26.7 Å². The van der Waals surface area contributed by atoms with Gasteiger partial charge in [-0.25, -0.2) is 4.98 Å². The molecule has 1 saturated heterocycles. The second-order valence-corrected chi connectivity index (χ2v) is 9.30. The first-order valence-electron chi connectivity index (χ1n) is 11.1. The van der Waals surface area contributed by atoms with Gasteiger partial charge in [-0.05, 0) is 49.6 Å². The zero-order chi connectivity index (χ0) is 22.5. The minimum atomic E-state index is 0.0895. The first-order chi connectivity index (χ1) is 15.5. The molecule has 2 aromatic carbocycles. The van der Waals surface area contributed by atoms with Crippen LogP contribution in [0.25, 0.3) is 10.2 Å². The summed E-state index contributed by atoms with van der Waals surface area (Å²) in [5.74, 6) is 0.889. The Bertz CT molecular complexity index is 1080. The van der Waals surface area contributed by atoms with Crippen LogP contribution in [0, 0.1) is 13.8 Å². The van der Waals surface area contributed by atoms with Gasteiger partial charge >= 0.3 is 0 Å². The molecule has 32 heavy (non-hydrogen) atoms. The first kappa shape index (κ1) is 22.7. The van der Waals surface area contributed by atoms with Crippen LogP contribution in [0.5, 0.6) is 5.75 Å². The number of fused-ring (bicyclic) bond motifs is 1. The molecule has 0 unspecified atom stereocenters. The standard InChI is InChI=1S/C25H31N3O3S/c1-18-5-6-19(2)20(15-18)16-24(29)28(10-4-9-27-11-13-31-14-12-27)25-26-22-8-7-21(30-3)17-23(22)32-25/h5-8,15,17H,4,9-14,16H2,1-3H3. The summed E-state index contributed by atoms with van der Waals surface area (Å²) < 4.78 is 11.8. The minimum absolute atomic E-state index is 0.0895. The molecule has 0 aliphatic carbocycles. The lowest BCUT2D eigenvalue weighted by Gasteiger charge is -2.27. The fourth-order valence-electron chi connectivity index (χ4n) is 3.99. The zero-order valence-corrected chi connectivity index (χ0v) is 19.9. The van der Waals surface area contributed by atoms with Crippen LogP contribution in [0.1, 0.15) is 23.1 Å². The number of hydrogen-bond donors (Lipinski definition) is 0. The van der Waals surface area contributed by atoms with Gasteiger partial charge < -0.3 is 9.47 Å². The average Bonchev–Trinajstić information content (AvgIpc) is 3.22. The van der Waals surface area contributed by atoms with E-state index in [9.17, 15) is 4.79 Å².